The van der Waals surface area contributed by atoms with Crippen LogP contribution in [0.5, 0.6) is 0 Å². The molecule has 0 amide bonds. The van der Waals surface area contributed by atoms with Crippen LogP contribution >= 0.6 is 11.8 Å². The number of thioether (sulfide) groups is 1. The molecule has 1 heterocycles. The lowest BCUT2D eigenvalue weighted by molar-refractivity contribution is -0.151. The average molecular weight is 288 g/mol. The highest BCUT2D eigenvalue weighted by molar-refractivity contribution is 7.99. The van der Waals surface area contributed by atoms with Crippen molar-refractivity contribution < 1.29 is 19.4 Å². The zero-order valence-corrected chi connectivity index (χ0v) is 11.7. The number of nitrogens with zero attached hydrogens (tertiary/aromatic N) is 3. The third kappa shape index (κ3) is 3.85. The molecule has 106 valence electrons. The van der Waals surface area contributed by atoms with Gasteiger partial charge in [-0.05, 0) is 13.8 Å². The van der Waals surface area contributed by atoms with E-state index in [0.29, 0.717) is 5.16 Å². The zero-order chi connectivity index (χ0) is 14.6. The highest BCUT2D eigenvalue weighted by atomic mass is 32.2. The first kappa shape index (κ1) is 15.3. The van der Waals surface area contributed by atoms with Crippen molar-refractivity contribution in [2.45, 2.75) is 25.5 Å². The van der Waals surface area contributed by atoms with Gasteiger partial charge in [0.2, 0.25) is 5.95 Å². The van der Waals surface area contributed by atoms with Crippen LogP contribution in [0.1, 0.15) is 13.8 Å². The third-order valence-electron chi connectivity index (χ3n) is 2.36. The summed E-state index contributed by atoms with van der Waals surface area (Å²) >= 11 is 0.994. The number of hydrogen-bond donors (Lipinski definition) is 2. The van der Waals surface area contributed by atoms with Gasteiger partial charge in [-0.15, -0.1) is 10.2 Å². The summed E-state index contributed by atoms with van der Waals surface area (Å²) in [5.74, 6) is -1.39. The largest absolute Gasteiger partial charge is 0.481 e. The molecule has 9 heteroatoms. The van der Waals surface area contributed by atoms with Crippen LogP contribution in [0.15, 0.2) is 5.16 Å². The second kappa shape index (κ2) is 5.91. The SMILES string of the molecule is COC(=O)C(C)(C)Cn1c(N)nnc1SCC(=O)O. The Balaban J connectivity index is 2.91. The maximum atomic E-state index is 11.6. The summed E-state index contributed by atoms with van der Waals surface area (Å²) in [5.41, 5.74) is 4.86. The van der Waals surface area contributed by atoms with Crippen LogP contribution in [0.4, 0.5) is 5.95 Å². The second-order valence-corrected chi connectivity index (χ2v) is 5.43. The van der Waals surface area contributed by atoms with Gasteiger partial charge < -0.3 is 15.6 Å². The Morgan fingerprint density at radius 3 is 2.63 bits per heavy atom. The van der Waals surface area contributed by atoms with Crippen LogP contribution in [0.3, 0.4) is 0 Å². The van der Waals surface area contributed by atoms with Gasteiger partial charge in [-0.25, -0.2) is 0 Å². The molecular weight excluding hydrogens is 272 g/mol. The van der Waals surface area contributed by atoms with Gasteiger partial charge in [0.15, 0.2) is 5.16 Å². The minimum atomic E-state index is -0.967. The Labute approximate surface area is 114 Å². The fourth-order valence-electron chi connectivity index (χ4n) is 1.42. The Morgan fingerprint density at radius 2 is 2.11 bits per heavy atom. The Kier molecular flexibility index (Phi) is 4.76. The molecule has 0 radical (unpaired) electrons. The summed E-state index contributed by atoms with van der Waals surface area (Å²) in [7, 11) is 1.31. The number of anilines is 1. The minimum absolute atomic E-state index is 0.130. The smallest absolute Gasteiger partial charge is 0.313 e. The summed E-state index contributed by atoms with van der Waals surface area (Å²) in [6, 6.07) is 0. The van der Waals surface area contributed by atoms with Crippen LogP contribution in [-0.4, -0.2) is 44.7 Å². The van der Waals surface area contributed by atoms with E-state index in [2.05, 4.69) is 10.2 Å². The first-order chi connectivity index (χ1) is 8.77. The fourth-order valence-corrected chi connectivity index (χ4v) is 2.08. The molecule has 0 aliphatic rings. The Hall–Kier alpha value is -1.77. The molecule has 0 aliphatic heterocycles. The first-order valence-electron chi connectivity index (χ1n) is 5.39. The van der Waals surface area contributed by atoms with Gasteiger partial charge >= 0.3 is 11.9 Å². The van der Waals surface area contributed by atoms with E-state index in [1.165, 1.54) is 11.7 Å². The van der Waals surface area contributed by atoms with Crippen LogP contribution in [0, 0.1) is 5.41 Å². The van der Waals surface area contributed by atoms with Gasteiger partial charge in [0.25, 0.3) is 0 Å². The van der Waals surface area contributed by atoms with Gasteiger partial charge in [0.05, 0.1) is 18.3 Å². The Morgan fingerprint density at radius 1 is 1.47 bits per heavy atom. The molecule has 0 saturated heterocycles. The predicted molar refractivity (Wildman–Crippen MR) is 68.6 cm³/mol. The van der Waals surface area contributed by atoms with Crippen LogP contribution < -0.4 is 5.73 Å². The van der Waals surface area contributed by atoms with Crippen molar-refractivity contribution in [2.24, 2.45) is 5.41 Å². The minimum Gasteiger partial charge on any atom is -0.481 e. The lowest BCUT2D eigenvalue weighted by Gasteiger charge is -2.22. The number of aliphatic carboxylic acids is 1. The summed E-state index contributed by atoms with van der Waals surface area (Å²) in [6.45, 7) is 3.61. The molecule has 0 spiro atoms. The van der Waals surface area contributed by atoms with Crippen molar-refractivity contribution in [1.82, 2.24) is 14.8 Å². The highest BCUT2D eigenvalue weighted by Crippen LogP contribution is 2.25. The molecule has 0 fully saturated rings. The van der Waals surface area contributed by atoms with Crippen molar-refractivity contribution in [3.05, 3.63) is 0 Å². The number of nitrogens with two attached hydrogens (primary N) is 1. The first-order valence-corrected chi connectivity index (χ1v) is 6.38. The number of hydrogen-bond acceptors (Lipinski definition) is 7. The number of methoxy groups -OCH3 is 1. The maximum absolute atomic E-state index is 11.6. The standard InChI is InChI=1S/C10H16N4O4S/c1-10(2,7(17)18-3)5-14-8(11)12-13-9(14)19-4-6(15)16/h4-5H2,1-3H3,(H2,11,12)(H,15,16). The average Bonchev–Trinajstić information content (AvgIpc) is 2.66. The van der Waals surface area contributed by atoms with Crippen molar-refractivity contribution in [1.29, 1.82) is 0 Å². The van der Waals surface area contributed by atoms with Crippen LogP contribution in [0.25, 0.3) is 0 Å². The number of rotatable bonds is 6. The van der Waals surface area contributed by atoms with E-state index in [0.717, 1.165) is 11.8 Å². The topological polar surface area (TPSA) is 120 Å². The number of carboxylic acids is 1. The number of ether oxygens (including phenoxy) is 1. The fraction of sp³-hybridized carbons (Fsp3) is 0.600. The lowest BCUT2D eigenvalue weighted by atomic mass is 9.94. The van der Waals surface area contributed by atoms with Crippen molar-refractivity contribution in [2.75, 3.05) is 18.6 Å². The van der Waals surface area contributed by atoms with Crippen LogP contribution in [-0.2, 0) is 20.9 Å². The molecule has 0 saturated carbocycles. The van der Waals surface area contributed by atoms with E-state index in [4.69, 9.17) is 15.6 Å². The van der Waals surface area contributed by atoms with Crippen molar-refractivity contribution in [3.8, 4) is 0 Å². The van der Waals surface area contributed by atoms with Crippen molar-refractivity contribution in [3.63, 3.8) is 0 Å². The molecule has 0 bridgehead atoms. The molecule has 1 aromatic heterocycles. The third-order valence-corrected chi connectivity index (χ3v) is 3.31. The van der Waals surface area contributed by atoms with Gasteiger partial charge in [0, 0.05) is 6.54 Å². The predicted octanol–water partition coefficient (Wildman–Crippen LogP) is 0.236. The number of carbonyl (C=O) groups is 2. The molecule has 0 aliphatic carbocycles. The molecule has 3 N–H and O–H groups in total. The quantitative estimate of drug-likeness (QED) is 0.564. The highest BCUT2D eigenvalue weighted by Gasteiger charge is 2.31. The number of nitrogen functional groups attached to an aromatic ring is 1. The van der Waals surface area contributed by atoms with Gasteiger partial charge in [0.1, 0.15) is 0 Å². The second-order valence-electron chi connectivity index (χ2n) is 4.48. The number of esters is 1. The van der Waals surface area contributed by atoms with E-state index in [1.807, 2.05) is 0 Å². The van der Waals surface area contributed by atoms with E-state index in [-0.39, 0.29) is 18.2 Å². The monoisotopic (exact) mass is 288 g/mol. The Bertz CT molecular complexity index is 486. The van der Waals surface area contributed by atoms with E-state index < -0.39 is 17.4 Å². The number of carboxylic acid groups (broad SMARTS) is 1. The molecule has 1 rings (SSSR count). The molecular formula is C10H16N4O4S. The van der Waals surface area contributed by atoms with E-state index in [1.54, 1.807) is 13.8 Å². The summed E-state index contributed by atoms with van der Waals surface area (Å²) in [6.07, 6.45) is 0. The molecule has 19 heavy (non-hydrogen) atoms. The lowest BCUT2D eigenvalue weighted by Crippen LogP contribution is -2.31. The molecule has 8 nitrogen and oxygen atoms in total. The maximum Gasteiger partial charge on any atom is 0.313 e. The van der Waals surface area contributed by atoms with Gasteiger partial charge in [-0.1, -0.05) is 11.8 Å². The van der Waals surface area contributed by atoms with Gasteiger partial charge in [-0.2, -0.15) is 0 Å². The molecule has 0 unspecified atom stereocenters. The molecule has 0 aromatic carbocycles. The molecule has 0 atom stereocenters. The summed E-state index contributed by atoms with van der Waals surface area (Å²) < 4.78 is 6.21. The number of carbonyl (C=O) groups excluding carboxylic acids is 1. The van der Waals surface area contributed by atoms with E-state index in [9.17, 15) is 9.59 Å². The van der Waals surface area contributed by atoms with Crippen molar-refractivity contribution >= 4 is 29.6 Å². The van der Waals surface area contributed by atoms with Gasteiger partial charge in [-0.3, -0.25) is 14.2 Å². The molecule has 1 aromatic rings. The number of aromatic nitrogens is 3. The van der Waals surface area contributed by atoms with E-state index >= 15 is 0 Å². The normalized spacial score (nSPS) is 11.3. The van der Waals surface area contributed by atoms with Crippen LogP contribution in [0.2, 0.25) is 0 Å². The summed E-state index contributed by atoms with van der Waals surface area (Å²) in [5, 5.41) is 16.5. The zero-order valence-electron chi connectivity index (χ0n) is 10.9. The summed E-state index contributed by atoms with van der Waals surface area (Å²) in [4.78, 5) is 22.2.